The molecule has 4 heteroatoms. The molecule has 0 aliphatic heterocycles. The molecule has 0 aliphatic carbocycles. The normalized spacial score (nSPS) is 11.7. The minimum Gasteiger partial charge on any atom is -0.481 e. The molecule has 0 fully saturated rings. The van der Waals surface area contributed by atoms with Gasteiger partial charge in [-0.05, 0) is 17.5 Å². The maximum atomic E-state index is 11.2. The predicted molar refractivity (Wildman–Crippen MR) is 86.8 cm³/mol. The molecule has 1 atom stereocenters. The predicted octanol–water partition coefficient (Wildman–Crippen LogP) is 3.29. The second-order valence-corrected chi connectivity index (χ2v) is 4.88. The van der Waals surface area contributed by atoms with Crippen molar-refractivity contribution >= 4 is 18.4 Å². The lowest BCUT2D eigenvalue weighted by molar-refractivity contribution is -0.141. The van der Waals surface area contributed by atoms with E-state index in [9.17, 15) is 9.90 Å². The van der Waals surface area contributed by atoms with Crippen LogP contribution in [0.5, 0.6) is 0 Å². The molecular weight excluding hydrogens is 286 g/mol. The molecule has 0 heterocycles. The highest BCUT2D eigenvalue weighted by Crippen LogP contribution is 2.30. The van der Waals surface area contributed by atoms with Crippen molar-refractivity contribution in [1.29, 1.82) is 0 Å². The summed E-state index contributed by atoms with van der Waals surface area (Å²) in [7, 11) is 0. The maximum Gasteiger partial charge on any atom is 0.307 e. The van der Waals surface area contributed by atoms with E-state index in [0.717, 1.165) is 11.1 Å². The number of benzene rings is 2. The Morgan fingerprint density at radius 3 is 1.71 bits per heavy atom. The van der Waals surface area contributed by atoms with Crippen molar-refractivity contribution in [2.45, 2.75) is 12.3 Å². The maximum absolute atomic E-state index is 11.2. The van der Waals surface area contributed by atoms with E-state index in [0.29, 0.717) is 6.42 Å². The van der Waals surface area contributed by atoms with Gasteiger partial charge in [0.2, 0.25) is 0 Å². The van der Waals surface area contributed by atoms with Crippen LogP contribution >= 0.6 is 12.4 Å². The zero-order valence-corrected chi connectivity index (χ0v) is 12.5. The summed E-state index contributed by atoms with van der Waals surface area (Å²) in [6.07, 6.45) is 0.514. The number of carbonyl (C=O) groups is 1. The monoisotopic (exact) mass is 305 g/mol. The van der Waals surface area contributed by atoms with Crippen LogP contribution in [0.3, 0.4) is 0 Å². The van der Waals surface area contributed by atoms with Crippen LogP contribution in [-0.2, 0) is 4.79 Å². The Morgan fingerprint density at radius 1 is 0.952 bits per heavy atom. The van der Waals surface area contributed by atoms with Gasteiger partial charge in [-0.1, -0.05) is 60.7 Å². The van der Waals surface area contributed by atoms with Crippen molar-refractivity contribution in [3.05, 3.63) is 71.8 Å². The second kappa shape index (κ2) is 8.45. The molecule has 0 spiro atoms. The lowest BCUT2D eigenvalue weighted by Gasteiger charge is -2.21. The van der Waals surface area contributed by atoms with Crippen LogP contribution < -0.4 is 5.73 Å². The van der Waals surface area contributed by atoms with Gasteiger partial charge >= 0.3 is 5.97 Å². The first kappa shape index (κ1) is 17.2. The smallest absolute Gasteiger partial charge is 0.307 e. The minimum atomic E-state index is -0.829. The van der Waals surface area contributed by atoms with Crippen LogP contribution in [-0.4, -0.2) is 17.6 Å². The fraction of sp³-hybridized carbons (Fsp3) is 0.235. The third-order valence-corrected chi connectivity index (χ3v) is 3.56. The van der Waals surface area contributed by atoms with Gasteiger partial charge in [-0.25, -0.2) is 0 Å². The molecule has 2 aromatic rings. The van der Waals surface area contributed by atoms with E-state index < -0.39 is 11.9 Å². The van der Waals surface area contributed by atoms with E-state index in [1.54, 1.807) is 0 Å². The molecule has 2 aromatic carbocycles. The van der Waals surface area contributed by atoms with Gasteiger partial charge in [0.15, 0.2) is 0 Å². The summed E-state index contributed by atoms with van der Waals surface area (Å²) in [6, 6.07) is 20.0. The number of carboxylic acids is 1. The van der Waals surface area contributed by atoms with Crippen molar-refractivity contribution in [1.82, 2.24) is 0 Å². The summed E-state index contributed by atoms with van der Waals surface area (Å²) in [5.41, 5.74) is 7.84. The third kappa shape index (κ3) is 4.59. The number of halogens is 1. The quantitative estimate of drug-likeness (QED) is 0.861. The SMILES string of the molecule is Cl.NCC(CC(c1ccccc1)c1ccccc1)C(=O)O. The summed E-state index contributed by atoms with van der Waals surface area (Å²) in [4.78, 5) is 11.2. The number of carboxylic acid groups (broad SMARTS) is 1. The highest BCUT2D eigenvalue weighted by Gasteiger charge is 2.23. The van der Waals surface area contributed by atoms with E-state index in [4.69, 9.17) is 5.73 Å². The standard InChI is InChI=1S/C17H19NO2.ClH/c18-12-15(17(19)20)11-16(13-7-3-1-4-8-13)14-9-5-2-6-10-14;/h1-10,15-16H,11-12,18H2,(H,19,20);1H. The van der Waals surface area contributed by atoms with E-state index in [1.807, 2.05) is 60.7 Å². The van der Waals surface area contributed by atoms with Gasteiger partial charge in [-0.15, -0.1) is 12.4 Å². The molecule has 2 rings (SSSR count). The zero-order valence-electron chi connectivity index (χ0n) is 11.7. The summed E-state index contributed by atoms with van der Waals surface area (Å²) in [6.45, 7) is 0.158. The Balaban J connectivity index is 0.00000220. The topological polar surface area (TPSA) is 63.3 Å². The van der Waals surface area contributed by atoms with Crippen molar-refractivity contribution < 1.29 is 9.90 Å². The number of hydrogen-bond acceptors (Lipinski definition) is 2. The van der Waals surface area contributed by atoms with E-state index >= 15 is 0 Å². The summed E-state index contributed by atoms with van der Waals surface area (Å²) >= 11 is 0. The van der Waals surface area contributed by atoms with Gasteiger partial charge in [0, 0.05) is 12.5 Å². The molecule has 0 aliphatic rings. The van der Waals surface area contributed by atoms with Gasteiger partial charge in [-0.2, -0.15) is 0 Å². The van der Waals surface area contributed by atoms with Crippen LogP contribution in [0.15, 0.2) is 60.7 Å². The van der Waals surface area contributed by atoms with Crippen LogP contribution in [0, 0.1) is 5.92 Å². The third-order valence-electron chi connectivity index (χ3n) is 3.56. The molecule has 0 aromatic heterocycles. The van der Waals surface area contributed by atoms with Gasteiger partial charge in [-0.3, -0.25) is 4.79 Å². The Hall–Kier alpha value is -1.84. The molecule has 3 nitrogen and oxygen atoms in total. The summed E-state index contributed by atoms with van der Waals surface area (Å²) in [5.74, 6) is -1.30. The van der Waals surface area contributed by atoms with Crippen molar-refractivity contribution in [2.75, 3.05) is 6.54 Å². The number of rotatable bonds is 6. The Kier molecular flexibility index (Phi) is 6.92. The van der Waals surface area contributed by atoms with Crippen molar-refractivity contribution in [3.8, 4) is 0 Å². The highest BCUT2D eigenvalue weighted by atomic mass is 35.5. The van der Waals surface area contributed by atoms with Gasteiger partial charge in [0.25, 0.3) is 0 Å². The van der Waals surface area contributed by atoms with Crippen LogP contribution in [0.2, 0.25) is 0 Å². The number of nitrogens with two attached hydrogens (primary N) is 1. The molecule has 0 saturated carbocycles. The summed E-state index contributed by atoms with van der Waals surface area (Å²) in [5, 5.41) is 9.24. The average Bonchev–Trinajstić information content (AvgIpc) is 2.50. The van der Waals surface area contributed by atoms with E-state index in [2.05, 4.69) is 0 Å². The number of hydrogen-bond donors (Lipinski definition) is 2. The van der Waals surface area contributed by atoms with Crippen LogP contribution in [0.25, 0.3) is 0 Å². The van der Waals surface area contributed by atoms with Gasteiger partial charge in [0.1, 0.15) is 0 Å². The van der Waals surface area contributed by atoms with E-state index in [1.165, 1.54) is 0 Å². The van der Waals surface area contributed by atoms with Crippen LogP contribution in [0.4, 0.5) is 0 Å². The molecular formula is C17H20ClNO2. The Labute approximate surface area is 131 Å². The summed E-state index contributed by atoms with van der Waals surface area (Å²) < 4.78 is 0. The molecule has 0 saturated heterocycles. The molecule has 0 bridgehead atoms. The fourth-order valence-electron chi connectivity index (χ4n) is 2.42. The Morgan fingerprint density at radius 2 is 1.38 bits per heavy atom. The highest BCUT2D eigenvalue weighted by molar-refractivity contribution is 5.85. The first-order valence-electron chi connectivity index (χ1n) is 6.75. The lowest BCUT2D eigenvalue weighted by Crippen LogP contribution is -2.25. The average molecular weight is 306 g/mol. The van der Waals surface area contributed by atoms with Gasteiger partial charge < -0.3 is 10.8 Å². The molecule has 0 radical (unpaired) electrons. The van der Waals surface area contributed by atoms with E-state index in [-0.39, 0.29) is 24.9 Å². The second-order valence-electron chi connectivity index (χ2n) is 4.88. The first-order chi connectivity index (χ1) is 9.72. The van der Waals surface area contributed by atoms with Crippen LogP contribution in [0.1, 0.15) is 23.5 Å². The molecule has 3 N–H and O–H groups in total. The fourth-order valence-corrected chi connectivity index (χ4v) is 2.42. The Bertz CT molecular complexity index is 506. The molecule has 112 valence electrons. The largest absolute Gasteiger partial charge is 0.481 e. The lowest BCUT2D eigenvalue weighted by atomic mass is 9.83. The molecule has 0 amide bonds. The minimum absolute atomic E-state index is 0. The first-order valence-corrected chi connectivity index (χ1v) is 6.75. The van der Waals surface area contributed by atoms with Gasteiger partial charge in [0.05, 0.1) is 5.92 Å². The van der Waals surface area contributed by atoms with Crippen molar-refractivity contribution in [3.63, 3.8) is 0 Å². The number of aliphatic carboxylic acids is 1. The zero-order chi connectivity index (χ0) is 14.4. The molecule has 1 unspecified atom stereocenters. The molecule has 21 heavy (non-hydrogen) atoms. The van der Waals surface area contributed by atoms with Crippen molar-refractivity contribution in [2.24, 2.45) is 11.7 Å².